The molecule has 0 radical (unpaired) electrons. The van der Waals surface area contributed by atoms with Gasteiger partial charge in [-0.3, -0.25) is 27.1 Å². The molecule has 0 unspecified atom stereocenters. The van der Waals surface area contributed by atoms with Crippen molar-refractivity contribution in [2.45, 2.75) is 0 Å². The molecule has 41 heavy (non-hydrogen) atoms. The number of ether oxygens (including phenoxy) is 1. The monoisotopic (exact) mass is 734 g/mol. The fourth-order valence-electron chi connectivity index (χ4n) is 2.31. The van der Waals surface area contributed by atoms with Gasteiger partial charge in [0.05, 0.1) is 63.7 Å². The average molecular weight is 734 g/mol. The zero-order chi connectivity index (χ0) is 32.6. The van der Waals surface area contributed by atoms with Crippen LogP contribution in [0.15, 0.2) is 0 Å². The summed E-state index contributed by atoms with van der Waals surface area (Å²) in [5.41, 5.74) is -4.93. The third-order valence-corrected chi connectivity index (χ3v) is 6.84. The average Bonchev–Trinajstić information content (AvgIpc) is 2.72. The minimum Gasteiger partial charge on any atom is -0.380 e. The van der Waals surface area contributed by atoms with Gasteiger partial charge in [-0.1, -0.05) is 0 Å². The van der Waals surface area contributed by atoms with E-state index in [1.165, 1.54) is 0 Å². The highest BCUT2D eigenvalue weighted by molar-refractivity contribution is 7.47. The molecule has 25 nitrogen and oxygen atoms in total. The first-order valence-corrected chi connectivity index (χ1v) is 18.9. The maximum Gasteiger partial charge on any atom is 0.469 e. The van der Waals surface area contributed by atoms with Crippen LogP contribution in [-0.2, 0) is 59.3 Å². The summed E-state index contributed by atoms with van der Waals surface area (Å²) in [5.74, 6) is 0. The van der Waals surface area contributed by atoms with Crippen LogP contribution >= 0.6 is 46.9 Å². The van der Waals surface area contributed by atoms with E-state index in [-0.39, 0.29) is 0 Å². The lowest BCUT2D eigenvalue weighted by molar-refractivity contribution is -0.0964. The maximum atomic E-state index is 11.2. The molecule has 248 valence electrons. The quantitative estimate of drug-likeness (QED) is 0.0517. The van der Waals surface area contributed by atoms with Gasteiger partial charge in [-0.05, 0) is 0 Å². The summed E-state index contributed by atoms with van der Waals surface area (Å²) in [6, 6.07) is 0. The third kappa shape index (κ3) is 23.6. The molecule has 0 rings (SSSR count). The SMILES string of the molecule is O=P(O)(O)OCC(COCC(COP(=O)(O)O)(COP(=O)(O)O)COP(=O)(O)O)(COP(=O)(O)O)COP(=O)(O)O. The standard InChI is InChI=1S/C10H28O25P6/c11-36(12,13)30-3-9(4-31-37(14,15)16,5-32-38(17,18)19)1-29-2-10(6-33-39(20,21)22,7-34-40(23,24)25)8-35-41(26,27)28/h1-8H2,(H2,11,12,13)(H2,14,15,16)(H2,17,18,19)(H2,20,21,22)(H2,23,24,25)(H2,26,27,28). The van der Waals surface area contributed by atoms with Crippen LogP contribution < -0.4 is 0 Å². The Labute approximate surface area is 229 Å². The van der Waals surface area contributed by atoms with Crippen LogP contribution in [0, 0.1) is 10.8 Å². The molecule has 0 spiro atoms. The largest absolute Gasteiger partial charge is 0.469 e. The van der Waals surface area contributed by atoms with Crippen LogP contribution in [0.5, 0.6) is 0 Å². The summed E-state index contributed by atoms with van der Waals surface area (Å²) in [4.78, 5) is 108. The molecule has 0 aromatic carbocycles. The highest BCUT2D eigenvalue weighted by Gasteiger charge is 2.43. The Balaban J connectivity index is 6.45. The predicted octanol–water partition coefficient (Wildman–Crippen LogP) is -2.37. The number of phosphoric ester groups is 6. The Morgan fingerprint density at radius 3 is 0.585 bits per heavy atom. The van der Waals surface area contributed by atoms with Gasteiger partial charge in [0, 0.05) is 0 Å². The summed E-state index contributed by atoms with van der Waals surface area (Å²) < 4.78 is 97.8. The van der Waals surface area contributed by atoms with Crippen molar-refractivity contribution in [1.29, 1.82) is 0 Å². The molecule has 0 saturated heterocycles. The van der Waals surface area contributed by atoms with Crippen LogP contribution in [0.25, 0.3) is 0 Å². The Bertz CT molecular complexity index is 885. The van der Waals surface area contributed by atoms with Crippen molar-refractivity contribution >= 4 is 46.9 Å². The van der Waals surface area contributed by atoms with Crippen molar-refractivity contribution in [3.63, 3.8) is 0 Å². The smallest absolute Gasteiger partial charge is 0.380 e. The van der Waals surface area contributed by atoms with Gasteiger partial charge in [0.15, 0.2) is 0 Å². The van der Waals surface area contributed by atoms with Gasteiger partial charge in [-0.15, -0.1) is 0 Å². The highest BCUT2D eigenvalue weighted by Crippen LogP contribution is 2.47. The molecule has 0 aliphatic heterocycles. The lowest BCUT2D eigenvalue weighted by Gasteiger charge is -2.36. The summed E-state index contributed by atoms with van der Waals surface area (Å²) in [5, 5.41) is 0. The molecule has 12 N–H and O–H groups in total. The first kappa shape index (κ1) is 41.6. The van der Waals surface area contributed by atoms with E-state index in [1.54, 1.807) is 0 Å². The Kier molecular flexibility index (Phi) is 16.0. The fourth-order valence-corrected chi connectivity index (χ4v) is 4.96. The molecule has 0 aliphatic carbocycles. The second-order valence-corrected chi connectivity index (χ2v) is 15.5. The zero-order valence-electron chi connectivity index (χ0n) is 20.0. The minimum absolute atomic E-state index is 1.23. The van der Waals surface area contributed by atoms with E-state index in [0.717, 1.165) is 0 Å². The second-order valence-electron chi connectivity index (χ2n) is 8.08. The highest BCUT2D eigenvalue weighted by atomic mass is 31.2. The number of phosphoric acid groups is 6. The summed E-state index contributed by atoms with van der Waals surface area (Å²) in [7, 11) is -32.5. The lowest BCUT2D eigenvalue weighted by Crippen LogP contribution is -2.45. The van der Waals surface area contributed by atoms with Crippen molar-refractivity contribution in [3.8, 4) is 0 Å². The Morgan fingerprint density at radius 1 is 0.317 bits per heavy atom. The fraction of sp³-hybridized carbons (Fsp3) is 1.00. The van der Waals surface area contributed by atoms with E-state index in [4.69, 9.17) is 63.5 Å². The van der Waals surface area contributed by atoms with Crippen molar-refractivity contribution in [2.75, 3.05) is 52.9 Å². The molecule has 0 atom stereocenters. The van der Waals surface area contributed by atoms with Crippen LogP contribution in [0.2, 0.25) is 0 Å². The van der Waals surface area contributed by atoms with Crippen LogP contribution in [-0.4, -0.2) is 112 Å². The third-order valence-electron chi connectivity index (χ3n) is 4.05. The molecule has 0 bridgehead atoms. The molecule has 31 heteroatoms. The zero-order valence-corrected chi connectivity index (χ0v) is 25.4. The van der Waals surface area contributed by atoms with Crippen molar-refractivity contribution in [2.24, 2.45) is 10.8 Å². The minimum atomic E-state index is -5.42. The molecule has 0 heterocycles. The van der Waals surface area contributed by atoms with Gasteiger partial charge in [0.2, 0.25) is 0 Å². The van der Waals surface area contributed by atoms with Crippen molar-refractivity contribution in [3.05, 3.63) is 0 Å². The molecular weight excluding hydrogens is 706 g/mol. The molecule has 0 aliphatic rings. The van der Waals surface area contributed by atoms with E-state index in [2.05, 4.69) is 27.1 Å². The number of hydrogen-bond donors (Lipinski definition) is 12. The van der Waals surface area contributed by atoms with E-state index >= 15 is 0 Å². The molecule has 0 fully saturated rings. The predicted molar refractivity (Wildman–Crippen MR) is 124 cm³/mol. The Hall–Kier alpha value is 0.620. The molecule has 0 amide bonds. The van der Waals surface area contributed by atoms with Gasteiger partial charge >= 0.3 is 46.9 Å². The number of hydrogen-bond acceptors (Lipinski definition) is 13. The van der Waals surface area contributed by atoms with Gasteiger partial charge < -0.3 is 63.5 Å². The van der Waals surface area contributed by atoms with E-state index < -0.39 is 111 Å². The second kappa shape index (κ2) is 15.8. The van der Waals surface area contributed by atoms with E-state index in [9.17, 15) is 27.4 Å². The number of rotatable bonds is 22. The Morgan fingerprint density at radius 2 is 0.463 bits per heavy atom. The van der Waals surface area contributed by atoms with Crippen LogP contribution in [0.3, 0.4) is 0 Å². The molecule has 0 saturated carbocycles. The van der Waals surface area contributed by atoms with E-state index in [1.807, 2.05) is 0 Å². The van der Waals surface area contributed by atoms with Crippen molar-refractivity contribution < 1.29 is 118 Å². The molecular formula is C10H28O25P6. The van der Waals surface area contributed by atoms with E-state index in [0.29, 0.717) is 0 Å². The van der Waals surface area contributed by atoms with Gasteiger partial charge in [-0.2, -0.15) is 0 Å². The molecule has 0 aromatic heterocycles. The van der Waals surface area contributed by atoms with Gasteiger partial charge in [0.1, 0.15) is 0 Å². The summed E-state index contributed by atoms with van der Waals surface area (Å²) >= 11 is 0. The van der Waals surface area contributed by atoms with Crippen LogP contribution in [0.1, 0.15) is 0 Å². The summed E-state index contributed by atoms with van der Waals surface area (Å²) in [6.45, 7) is -10.8. The maximum absolute atomic E-state index is 11.2. The first-order chi connectivity index (χ1) is 17.9. The first-order valence-electron chi connectivity index (χ1n) is 9.73. The lowest BCUT2D eigenvalue weighted by atomic mass is 9.91. The van der Waals surface area contributed by atoms with Crippen molar-refractivity contribution in [1.82, 2.24) is 0 Å². The van der Waals surface area contributed by atoms with Crippen LogP contribution in [0.4, 0.5) is 0 Å². The normalized spacial score (nSPS) is 14.9. The van der Waals surface area contributed by atoms with Gasteiger partial charge in [0.25, 0.3) is 0 Å². The van der Waals surface area contributed by atoms with Gasteiger partial charge in [-0.25, -0.2) is 27.4 Å². The molecule has 0 aromatic rings. The summed E-state index contributed by atoms with van der Waals surface area (Å²) in [6.07, 6.45) is 0. The topological polar surface area (TPSA) is 410 Å².